The highest BCUT2D eigenvalue weighted by Gasteiger charge is 2.19. The molecule has 0 saturated carbocycles. The Hall–Kier alpha value is -2.19. The van der Waals surface area contributed by atoms with Crippen LogP contribution in [0.4, 0.5) is 5.69 Å². The molecule has 0 aliphatic heterocycles. The van der Waals surface area contributed by atoms with Crippen molar-refractivity contribution in [1.82, 2.24) is 10.3 Å². The van der Waals surface area contributed by atoms with Gasteiger partial charge in [0.15, 0.2) is 0 Å². The van der Waals surface area contributed by atoms with E-state index >= 15 is 0 Å². The van der Waals surface area contributed by atoms with Crippen LogP contribution in [-0.2, 0) is 0 Å². The number of nitro groups is 1. The van der Waals surface area contributed by atoms with Crippen LogP contribution in [0.2, 0.25) is 0 Å². The molecule has 0 fully saturated rings. The van der Waals surface area contributed by atoms with Gasteiger partial charge in [-0.1, -0.05) is 5.92 Å². The van der Waals surface area contributed by atoms with Gasteiger partial charge in [-0.25, -0.2) is 4.98 Å². The average molecular weight is 281 g/mol. The SMILES string of the molecule is C#CCNC(=O)c1cc([N+](=O)[O-])cnc1OP(C)C. The van der Waals surface area contributed by atoms with Crippen LogP contribution in [0, 0.1) is 22.5 Å². The summed E-state index contributed by atoms with van der Waals surface area (Å²) in [5.74, 6) is 1.75. The van der Waals surface area contributed by atoms with Crippen LogP contribution in [0.5, 0.6) is 5.88 Å². The molecule has 0 spiro atoms. The molecule has 0 saturated heterocycles. The summed E-state index contributed by atoms with van der Waals surface area (Å²) in [5.41, 5.74) is -0.282. The summed E-state index contributed by atoms with van der Waals surface area (Å²) in [4.78, 5) is 25.7. The van der Waals surface area contributed by atoms with Crippen molar-refractivity contribution in [3.05, 3.63) is 27.9 Å². The molecule has 0 aliphatic rings. The number of aromatic nitrogens is 1. The van der Waals surface area contributed by atoms with Gasteiger partial charge in [0.1, 0.15) is 11.8 Å². The van der Waals surface area contributed by atoms with Crippen LogP contribution in [0.1, 0.15) is 10.4 Å². The fourth-order valence-electron chi connectivity index (χ4n) is 1.18. The van der Waals surface area contributed by atoms with Gasteiger partial charge >= 0.3 is 0 Å². The van der Waals surface area contributed by atoms with Crippen molar-refractivity contribution >= 4 is 19.7 Å². The third kappa shape index (κ3) is 4.19. The first-order chi connectivity index (χ1) is 8.95. The molecule has 0 atom stereocenters. The Morgan fingerprint density at radius 2 is 2.37 bits per heavy atom. The van der Waals surface area contributed by atoms with E-state index in [1.807, 2.05) is 13.3 Å². The molecule has 0 aliphatic carbocycles. The summed E-state index contributed by atoms with van der Waals surface area (Å²) in [6.07, 6.45) is 6.08. The maximum absolute atomic E-state index is 11.8. The van der Waals surface area contributed by atoms with Crippen LogP contribution in [0.3, 0.4) is 0 Å². The van der Waals surface area contributed by atoms with Crippen LogP contribution in [0.15, 0.2) is 12.3 Å². The molecule has 19 heavy (non-hydrogen) atoms. The first kappa shape index (κ1) is 14.9. The second-order valence-electron chi connectivity index (χ2n) is 3.59. The van der Waals surface area contributed by atoms with Crippen molar-refractivity contribution in [3.8, 4) is 18.2 Å². The lowest BCUT2D eigenvalue weighted by atomic mass is 10.2. The largest absolute Gasteiger partial charge is 0.457 e. The Morgan fingerprint density at radius 3 is 2.89 bits per heavy atom. The van der Waals surface area contributed by atoms with Crippen molar-refractivity contribution in [2.24, 2.45) is 0 Å². The Morgan fingerprint density at radius 1 is 1.68 bits per heavy atom. The fourth-order valence-corrected chi connectivity index (χ4v) is 1.67. The number of hydrogen-bond donors (Lipinski definition) is 1. The first-order valence-electron chi connectivity index (χ1n) is 5.17. The van der Waals surface area contributed by atoms with Crippen LogP contribution >= 0.6 is 8.15 Å². The predicted molar refractivity (Wildman–Crippen MR) is 71.5 cm³/mol. The fraction of sp³-hybridized carbons (Fsp3) is 0.273. The topological polar surface area (TPSA) is 94.4 Å². The lowest BCUT2D eigenvalue weighted by Crippen LogP contribution is -2.24. The van der Waals surface area contributed by atoms with Gasteiger partial charge in [-0.15, -0.1) is 6.42 Å². The van der Waals surface area contributed by atoms with Crippen molar-refractivity contribution in [2.45, 2.75) is 0 Å². The number of pyridine rings is 1. The van der Waals surface area contributed by atoms with Gasteiger partial charge < -0.3 is 9.84 Å². The van der Waals surface area contributed by atoms with Crippen molar-refractivity contribution in [1.29, 1.82) is 0 Å². The monoisotopic (exact) mass is 281 g/mol. The minimum atomic E-state index is -0.808. The molecule has 1 N–H and O–H groups in total. The molecule has 0 aromatic carbocycles. The summed E-state index contributed by atoms with van der Waals surface area (Å²) in [6.45, 7) is 3.66. The Labute approximate surface area is 111 Å². The van der Waals surface area contributed by atoms with Crippen LogP contribution in [-0.4, -0.2) is 35.7 Å². The predicted octanol–water partition coefficient (Wildman–Crippen LogP) is 1.39. The highest BCUT2D eigenvalue weighted by atomic mass is 31.1. The normalized spacial score (nSPS) is 9.79. The lowest BCUT2D eigenvalue weighted by molar-refractivity contribution is -0.385. The average Bonchev–Trinajstić information content (AvgIpc) is 2.35. The summed E-state index contributed by atoms with van der Waals surface area (Å²) < 4.78 is 5.40. The van der Waals surface area contributed by atoms with E-state index in [2.05, 4.69) is 16.2 Å². The minimum Gasteiger partial charge on any atom is -0.457 e. The molecule has 0 radical (unpaired) electrons. The number of carbonyl (C=O) groups excluding carboxylic acids is 1. The van der Waals surface area contributed by atoms with E-state index < -0.39 is 19.0 Å². The number of terminal acetylenes is 1. The Kier molecular flexibility index (Phi) is 5.22. The molecular weight excluding hydrogens is 269 g/mol. The smallest absolute Gasteiger partial charge is 0.288 e. The molecule has 1 heterocycles. The van der Waals surface area contributed by atoms with E-state index in [-0.39, 0.29) is 23.7 Å². The molecule has 1 rings (SSSR count). The number of amides is 1. The van der Waals surface area contributed by atoms with Crippen molar-refractivity contribution in [2.75, 3.05) is 19.9 Å². The summed E-state index contributed by atoms with van der Waals surface area (Å²) in [5, 5.41) is 13.1. The molecule has 8 heteroatoms. The lowest BCUT2D eigenvalue weighted by Gasteiger charge is -2.11. The number of rotatable bonds is 5. The number of hydrogen-bond acceptors (Lipinski definition) is 5. The second kappa shape index (κ2) is 6.66. The Balaban J connectivity index is 3.14. The highest BCUT2D eigenvalue weighted by Crippen LogP contribution is 2.32. The molecule has 100 valence electrons. The Bertz CT molecular complexity index is 539. The number of nitrogens with one attached hydrogen (secondary N) is 1. The van der Waals surface area contributed by atoms with E-state index in [0.29, 0.717) is 0 Å². The van der Waals surface area contributed by atoms with E-state index in [9.17, 15) is 14.9 Å². The van der Waals surface area contributed by atoms with Gasteiger partial charge in [0.2, 0.25) is 5.88 Å². The van der Waals surface area contributed by atoms with E-state index in [1.165, 1.54) is 0 Å². The standard InChI is InChI=1S/C11H12N3O4P/c1-4-5-12-10(15)9-6-8(14(16)17)7-13-11(9)18-19(2)3/h1,6-7H,5H2,2-3H3,(H,12,15). The summed E-state index contributed by atoms with van der Waals surface area (Å²) in [7, 11) is -0.808. The van der Waals surface area contributed by atoms with E-state index in [4.69, 9.17) is 10.9 Å². The van der Waals surface area contributed by atoms with Crippen LogP contribution < -0.4 is 9.84 Å². The zero-order valence-electron chi connectivity index (χ0n) is 10.4. The summed E-state index contributed by atoms with van der Waals surface area (Å²) in [6, 6.07) is 1.12. The van der Waals surface area contributed by atoms with E-state index in [1.54, 1.807) is 0 Å². The number of nitrogens with zero attached hydrogens (tertiary/aromatic N) is 2. The maximum Gasteiger partial charge on any atom is 0.288 e. The molecule has 1 aromatic rings. The van der Waals surface area contributed by atoms with Gasteiger partial charge in [-0.2, -0.15) is 0 Å². The molecule has 7 nitrogen and oxygen atoms in total. The van der Waals surface area contributed by atoms with Gasteiger partial charge in [-0.3, -0.25) is 14.9 Å². The van der Waals surface area contributed by atoms with Crippen molar-refractivity contribution < 1.29 is 14.2 Å². The second-order valence-corrected chi connectivity index (χ2v) is 5.40. The van der Waals surface area contributed by atoms with Gasteiger partial charge in [0, 0.05) is 6.07 Å². The van der Waals surface area contributed by atoms with E-state index in [0.717, 1.165) is 12.3 Å². The van der Waals surface area contributed by atoms with Gasteiger partial charge in [0.25, 0.3) is 11.6 Å². The maximum atomic E-state index is 11.8. The molecule has 1 aromatic heterocycles. The third-order valence-electron chi connectivity index (χ3n) is 1.91. The molecule has 1 amide bonds. The number of carbonyl (C=O) groups is 1. The zero-order valence-corrected chi connectivity index (χ0v) is 11.3. The summed E-state index contributed by atoms with van der Waals surface area (Å²) >= 11 is 0. The highest BCUT2D eigenvalue weighted by molar-refractivity contribution is 7.51. The molecule has 0 bridgehead atoms. The quantitative estimate of drug-likeness (QED) is 0.381. The first-order valence-corrected chi connectivity index (χ1v) is 7.32. The third-order valence-corrected chi connectivity index (χ3v) is 2.45. The molecule has 0 unspecified atom stereocenters. The van der Waals surface area contributed by atoms with Crippen molar-refractivity contribution in [3.63, 3.8) is 0 Å². The van der Waals surface area contributed by atoms with Crippen LogP contribution in [0.25, 0.3) is 0 Å². The minimum absolute atomic E-state index is 0.000602. The zero-order chi connectivity index (χ0) is 14.4. The van der Waals surface area contributed by atoms with Gasteiger partial charge in [-0.05, 0) is 13.3 Å². The van der Waals surface area contributed by atoms with Gasteiger partial charge in [0.05, 0.1) is 19.6 Å². The molecular formula is C11H12N3O4P.